The molecule has 0 aromatic rings. The van der Waals surface area contributed by atoms with E-state index in [0.29, 0.717) is 0 Å². The minimum Gasteiger partial charge on any atom is -0.464 e. The number of hydrogen-bond donors (Lipinski definition) is 2. The molecule has 0 aliphatic carbocycles. The van der Waals surface area contributed by atoms with Crippen LogP contribution in [0.4, 0.5) is 0 Å². The molecule has 4 heteroatoms. The van der Waals surface area contributed by atoms with Gasteiger partial charge in [0.25, 0.3) is 0 Å². The second-order valence-electron chi connectivity index (χ2n) is 3.51. The second-order valence-corrected chi connectivity index (χ2v) is 3.51. The van der Waals surface area contributed by atoms with Crippen LogP contribution in [-0.4, -0.2) is 28.8 Å². The zero-order chi connectivity index (χ0) is 9.99. The lowest BCUT2D eigenvalue weighted by Gasteiger charge is -2.33. The van der Waals surface area contributed by atoms with E-state index < -0.39 is 17.1 Å². The van der Waals surface area contributed by atoms with Crippen LogP contribution in [0, 0.1) is 0 Å². The van der Waals surface area contributed by atoms with Gasteiger partial charge in [0.2, 0.25) is 0 Å². The van der Waals surface area contributed by atoms with Crippen LogP contribution in [0.25, 0.3) is 0 Å². The maximum atomic E-state index is 11.2. The van der Waals surface area contributed by atoms with E-state index in [0.717, 1.165) is 0 Å². The molecule has 72 valence electrons. The molecule has 4 nitrogen and oxygen atoms in total. The molecule has 1 unspecified atom stereocenters. The van der Waals surface area contributed by atoms with E-state index in [1.54, 1.807) is 20.8 Å². The Morgan fingerprint density at radius 1 is 1.50 bits per heavy atom. The predicted octanol–water partition coefficient (Wildman–Crippen LogP) is 0.0378. The number of rotatable bonds is 3. The number of hydrogen-bond acceptors (Lipinski definition) is 4. The quantitative estimate of drug-likeness (QED) is 0.594. The van der Waals surface area contributed by atoms with Crippen molar-refractivity contribution < 1.29 is 14.6 Å². The number of ether oxygens (including phenoxy) is 1. The first kappa shape index (κ1) is 11.4. The van der Waals surface area contributed by atoms with Crippen molar-refractivity contribution in [3.8, 4) is 0 Å². The first-order valence-corrected chi connectivity index (χ1v) is 3.92. The Morgan fingerprint density at radius 3 is 2.17 bits per heavy atom. The molecule has 0 radical (unpaired) electrons. The molecular weight excluding hydrogens is 158 g/mol. The van der Waals surface area contributed by atoms with Gasteiger partial charge in [0, 0.05) is 5.54 Å². The minimum absolute atomic E-state index is 0.241. The van der Waals surface area contributed by atoms with E-state index in [1.165, 1.54) is 6.92 Å². The molecule has 1 atom stereocenters. The van der Waals surface area contributed by atoms with Gasteiger partial charge < -0.3 is 15.6 Å². The third-order valence-electron chi connectivity index (χ3n) is 1.93. The van der Waals surface area contributed by atoms with Crippen molar-refractivity contribution in [2.45, 2.75) is 38.8 Å². The summed E-state index contributed by atoms with van der Waals surface area (Å²) in [6, 6.07) is 0. The van der Waals surface area contributed by atoms with E-state index >= 15 is 0 Å². The standard InChI is InChI=1S/C8H17NO3/c1-5-12-6(10)8(4,11)7(2,3)9/h11H,5,9H2,1-4H3. The smallest absolute Gasteiger partial charge is 0.339 e. The van der Waals surface area contributed by atoms with Gasteiger partial charge in [0.1, 0.15) is 0 Å². The Kier molecular flexibility index (Phi) is 3.24. The highest BCUT2D eigenvalue weighted by Gasteiger charge is 2.44. The van der Waals surface area contributed by atoms with Crippen LogP contribution < -0.4 is 5.73 Å². The van der Waals surface area contributed by atoms with Crippen molar-refractivity contribution in [2.24, 2.45) is 5.73 Å². The van der Waals surface area contributed by atoms with Gasteiger partial charge >= 0.3 is 5.97 Å². The molecule has 0 amide bonds. The number of aliphatic hydroxyl groups is 1. The highest BCUT2D eigenvalue weighted by molar-refractivity contribution is 5.80. The van der Waals surface area contributed by atoms with Crippen LogP contribution in [0.15, 0.2) is 0 Å². The molecule has 0 fully saturated rings. The van der Waals surface area contributed by atoms with Crippen LogP contribution in [0.1, 0.15) is 27.7 Å². The Hall–Kier alpha value is -0.610. The minimum atomic E-state index is -1.64. The normalized spacial score (nSPS) is 16.8. The molecule has 0 aliphatic heterocycles. The van der Waals surface area contributed by atoms with Crippen LogP contribution >= 0.6 is 0 Å². The molecule has 0 saturated carbocycles. The van der Waals surface area contributed by atoms with Crippen molar-refractivity contribution in [3.63, 3.8) is 0 Å². The van der Waals surface area contributed by atoms with E-state index in [1.807, 2.05) is 0 Å². The summed E-state index contributed by atoms with van der Waals surface area (Å²) in [6.45, 7) is 6.42. The molecule has 3 N–H and O–H groups in total. The van der Waals surface area contributed by atoms with Gasteiger partial charge in [-0.1, -0.05) is 0 Å². The lowest BCUT2D eigenvalue weighted by molar-refractivity contribution is -0.169. The molecular formula is C8H17NO3. The average Bonchev–Trinajstić information content (AvgIpc) is 1.85. The van der Waals surface area contributed by atoms with Gasteiger partial charge in [0.05, 0.1) is 6.61 Å². The molecule has 0 aliphatic rings. The molecule has 0 saturated heterocycles. The van der Waals surface area contributed by atoms with Gasteiger partial charge in [-0.15, -0.1) is 0 Å². The number of esters is 1. The SMILES string of the molecule is CCOC(=O)C(C)(O)C(C)(C)N. The van der Waals surface area contributed by atoms with Crippen molar-refractivity contribution in [1.29, 1.82) is 0 Å². The van der Waals surface area contributed by atoms with Crippen molar-refractivity contribution in [3.05, 3.63) is 0 Å². The lowest BCUT2D eigenvalue weighted by atomic mass is 9.85. The van der Waals surface area contributed by atoms with Crippen molar-refractivity contribution in [1.82, 2.24) is 0 Å². The number of carbonyl (C=O) groups excluding carboxylic acids is 1. The second kappa shape index (κ2) is 3.41. The van der Waals surface area contributed by atoms with Crippen LogP contribution in [0.5, 0.6) is 0 Å². The summed E-state index contributed by atoms with van der Waals surface area (Å²) in [5, 5.41) is 9.65. The number of nitrogens with two attached hydrogens (primary N) is 1. The van der Waals surface area contributed by atoms with Crippen LogP contribution in [-0.2, 0) is 9.53 Å². The fourth-order valence-corrected chi connectivity index (χ4v) is 0.535. The van der Waals surface area contributed by atoms with Crippen molar-refractivity contribution >= 4 is 5.97 Å². The third kappa shape index (κ3) is 2.19. The summed E-state index contributed by atoms with van der Waals surface area (Å²) in [5.74, 6) is -0.683. The Labute approximate surface area is 72.7 Å². The van der Waals surface area contributed by atoms with Crippen molar-refractivity contribution in [2.75, 3.05) is 6.61 Å². The van der Waals surface area contributed by atoms with Gasteiger partial charge in [-0.05, 0) is 27.7 Å². The van der Waals surface area contributed by atoms with Gasteiger partial charge in [0.15, 0.2) is 5.60 Å². The largest absolute Gasteiger partial charge is 0.464 e. The molecule has 12 heavy (non-hydrogen) atoms. The molecule has 0 spiro atoms. The fraction of sp³-hybridized carbons (Fsp3) is 0.875. The van der Waals surface area contributed by atoms with E-state index in [2.05, 4.69) is 4.74 Å². The lowest BCUT2D eigenvalue weighted by Crippen LogP contribution is -2.59. The Bertz CT molecular complexity index is 170. The van der Waals surface area contributed by atoms with Crippen LogP contribution in [0.2, 0.25) is 0 Å². The summed E-state index contributed by atoms with van der Waals surface area (Å²) in [4.78, 5) is 11.2. The van der Waals surface area contributed by atoms with Gasteiger partial charge in [-0.3, -0.25) is 0 Å². The molecule has 0 rings (SSSR count). The maximum Gasteiger partial charge on any atom is 0.339 e. The maximum absolute atomic E-state index is 11.2. The Balaban J connectivity index is 4.50. The van der Waals surface area contributed by atoms with Gasteiger partial charge in [-0.25, -0.2) is 4.79 Å². The summed E-state index contributed by atoms with van der Waals surface area (Å²) >= 11 is 0. The molecule has 0 aromatic carbocycles. The molecule has 0 heterocycles. The predicted molar refractivity (Wildman–Crippen MR) is 45.5 cm³/mol. The monoisotopic (exact) mass is 175 g/mol. The topological polar surface area (TPSA) is 72.5 Å². The van der Waals surface area contributed by atoms with E-state index in [4.69, 9.17) is 5.73 Å². The highest BCUT2D eigenvalue weighted by Crippen LogP contribution is 2.19. The van der Waals surface area contributed by atoms with E-state index in [-0.39, 0.29) is 6.61 Å². The third-order valence-corrected chi connectivity index (χ3v) is 1.93. The van der Waals surface area contributed by atoms with E-state index in [9.17, 15) is 9.90 Å². The molecule has 0 bridgehead atoms. The summed E-state index contributed by atoms with van der Waals surface area (Å²) in [5.41, 5.74) is 2.96. The number of carbonyl (C=O) groups is 1. The fourth-order valence-electron chi connectivity index (χ4n) is 0.535. The highest BCUT2D eigenvalue weighted by atomic mass is 16.5. The Morgan fingerprint density at radius 2 is 1.92 bits per heavy atom. The summed E-state index contributed by atoms with van der Waals surface area (Å²) in [6.07, 6.45) is 0. The average molecular weight is 175 g/mol. The van der Waals surface area contributed by atoms with Gasteiger partial charge in [-0.2, -0.15) is 0 Å². The first-order chi connectivity index (χ1) is 5.23. The zero-order valence-electron chi connectivity index (χ0n) is 8.05. The van der Waals surface area contributed by atoms with Crippen LogP contribution in [0.3, 0.4) is 0 Å². The zero-order valence-corrected chi connectivity index (χ0v) is 8.05. The first-order valence-electron chi connectivity index (χ1n) is 3.92. The molecule has 0 aromatic heterocycles. The summed E-state index contributed by atoms with van der Waals surface area (Å²) < 4.78 is 4.66. The summed E-state index contributed by atoms with van der Waals surface area (Å²) in [7, 11) is 0.